The summed E-state index contributed by atoms with van der Waals surface area (Å²) in [6.45, 7) is 5.67. The van der Waals surface area contributed by atoms with Crippen LogP contribution in [0.2, 0.25) is 0 Å². The highest BCUT2D eigenvalue weighted by atomic mass is 32.1. The van der Waals surface area contributed by atoms with E-state index in [9.17, 15) is 4.79 Å². The van der Waals surface area contributed by atoms with E-state index in [1.807, 2.05) is 12.3 Å². The van der Waals surface area contributed by atoms with Crippen molar-refractivity contribution in [1.82, 2.24) is 15.6 Å². The lowest BCUT2D eigenvalue weighted by Gasteiger charge is -2.28. The molecule has 2 heterocycles. The highest BCUT2D eigenvalue weighted by Crippen LogP contribution is 2.19. The Labute approximate surface area is 112 Å². The van der Waals surface area contributed by atoms with Crippen molar-refractivity contribution in [3.8, 4) is 0 Å². The third-order valence-electron chi connectivity index (χ3n) is 3.49. The van der Waals surface area contributed by atoms with E-state index < -0.39 is 0 Å². The van der Waals surface area contributed by atoms with Gasteiger partial charge < -0.3 is 10.6 Å². The number of hydrogen-bond donors (Lipinski definition) is 2. The molecule has 0 aromatic carbocycles. The number of carbonyl (C=O) groups excluding carboxylic acids is 1. The Morgan fingerprint density at radius 3 is 3.17 bits per heavy atom. The molecule has 0 radical (unpaired) electrons. The number of rotatable bonds is 4. The molecule has 18 heavy (non-hydrogen) atoms. The normalized spacial score (nSPS) is 23.9. The fraction of sp³-hybridized carbons (Fsp3) is 0.692. The van der Waals surface area contributed by atoms with Gasteiger partial charge in [0.05, 0.1) is 12.6 Å². The van der Waals surface area contributed by atoms with Crippen LogP contribution in [0.25, 0.3) is 0 Å². The minimum atomic E-state index is -0.0234. The SMILES string of the molecule is CCC1CCNC(C(=O)NCc2nc(C)cs2)C1. The van der Waals surface area contributed by atoms with Gasteiger partial charge >= 0.3 is 0 Å². The summed E-state index contributed by atoms with van der Waals surface area (Å²) in [4.78, 5) is 16.4. The molecular weight excluding hydrogens is 246 g/mol. The summed E-state index contributed by atoms with van der Waals surface area (Å²) in [5.41, 5.74) is 1.02. The van der Waals surface area contributed by atoms with Gasteiger partial charge in [-0.3, -0.25) is 4.79 Å². The van der Waals surface area contributed by atoms with E-state index in [1.165, 1.54) is 6.42 Å². The third kappa shape index (κ3) is 3.53. The predicted octanol–water partition coefficient (Wildman–Crippen LogP) is 1.85. The van der Waals surface area contributed by atoms with E-state index in [2.05, 4.69) is 22.5 Å². The molecule has 0 saturated carbocycles. The third-order valence-corrected chi connectivity index (χ3v) is 4.45. The number of hydrogen-bond acceptors (Lipinski definition) is 4. The molecule has 2 N–H and O–H groups in total. The van der Waals surface area contributed by atoms with Crippen molar-refractivity contribution in [2.45, 2.75) is 45.7 Å². The summed E-state index contributed by atoms with van der Waals surface area (Å²) in [6.07, 6.45) is 3.31. The van der Waals surface area contributed by atoms with Crippen LogP contribution in [-0.2, 0) is 11.3 Å². The Bertz CT molecular complexity index is 405. The number of nitrogens with zero attached hydrogens (tertiary/aromatic N) is 1. The van der Waals surface area contributed by atoms with Gasteiger partial charge in [-0.05, 0) is 32.2 Å². The quantitative estimate of drug-likeness (QED) is 0.875. The van der Waals surface area contributed by atoms with Crippen molar-refractivity contribution in [3.05, 3.63) is 16.1 Å². The van der Waals surface area contributed by atoms with Gasteiger partial charge in [-0.15, -0.1) is 11.3 Å². The molecule has 1 fully saturated rings. The van der Waals surface area contributed by atoms with Crippen LogP contribution in [0, 0.1) is 12.8 Å². The Balaban J connectivity index is 1.80. The molecule has 100 valence electrons. The molecule has 5 heteroatoms. The lowest BCUT2D eigenvalue weighted by molar-refractivity contribution is -0.124. The standard InChI is InChI=1S/C13H21N3OS/c1-3-10-4-5-14-11(6-10)13(17)15-7-12-16-9(2)8-18-12/h8,10-11,14H,3-7H2,1-2H3,(H,15,17). The lowest BCUT2D eigenvalue weighted by Crippen LogP contribution is -2.48. The zero-order valence-electron chi connectivity index (χ0n) is 11.0. The van der Waals surface area contributed by atoms with Crippen LogP contribution in [0.15, 0.2) is 5.38 Å². The highest BCUT2D eigenvalue weighted by molar-refractivity contribution is 7.09. The second-order valence-electron chi connectivity index (χ2n) is 4.91. The van der Waals surface area contributed by atoms with E-state index in [0.717, 1.165) is 30.1 Å². The van der Waals surface area contributed by atoms with Gasteiger partial charge in [-0.1, -0.05) is 13.3 Å². The van der Waals surface area contributed by atoms with E-state index in [4.69, 9.17) is 0 Å². The van der Waals surface area contributed by atoms with Crippen molar-refractivity contribution >= 4 is 17.2 Å². The molecule has 1 aliphatic heterocycles. The molecular formula is C13H21N3OS. The molecule has 1 aromatic rings. The summed E-state index contributed by atoms with van der Waals surface area (Å²) in [5, 5.41) is 9.25. The summed E-state index contributed by atoms with van der Waals surface area (Å²) in [5.74, 6) is 0.796. The Morgan fingerprint density at radius 1 is 1.67 bits per heavy atom. The van der Waals surface area contributed by atoms with Crippen molar-refractivity contribution in [1.29, 1.82) is 0 Å². The molecule has 1 aliphatic rings. The first-order valence-electron chi connectivity index (χ1n) is 6.61. The van der Waals surface area contributed by atoms with Crippen LogP contribution in [0.4, 0.5) is 0 Å². The molecule has 0 aliphatic carbocycles. The van der Waals surface area contributed by atoms with Crippen LogP contribution in [0.3, 0.4) is 0 Å². The van der Waals surface area contributed by atoms with Crippen molar-refractivity contribution in [3.63, 3.8) is 0 Å². The Morgan fingerprint density at radius 2 is 2.50 bits per heavy atom. The number of nitrogens with one attached hydrogen (secondary N) is 2. The number of aryl methyl sites for hydroxylation is 1. The van der Waals surface area contributed by atoms with Gasteiger partial charge in [0.2, 0.25) is 5.91 Å². The molecule has 2 rings (SSSR count). The van der Waals surface area contributed by atoms with Crippen LogP contribution in [-0.4, -0.2) is 23.5 Å². The second-order valence-corrected chi connectivity index (χ2v) is 5.85. The maximum atomic E-state index is 12.0. The topological polar surface area (TPSA) is 54.0 Å². The average molecular weight is 267 g/mol. The van der Waals surface area contributed by atoms with Gasteiger partial charge in [0.15, 0.2) is 0 Å². The van der Waals surface area contributed by atoms with Gasteiger partial charge in [0.25, 0.3) is 0 Å². The highest BCUT2D eigenvalue weighted by Gasteiger charge is 2.25. The average Bonchev–Trinajstić information content (AvgIpc) is 2.82. The minimum absolute atomic E-state index is 0.0234. The van der Waals surface area contributed by atoms with Crippen molar-refractivity contribution < 1.29 is 4.79 Å². The maximum absolute atomic E-state index is 12.0. The van der Waals surface area contributed by atoms with Gasteiger partial charge in [-0.25, -0.2) is 4.98 Å². The summed E-state index contributed by atoms with van der Waals surface area (Å²) >= 11 is 1.60. The number of carbonyl (C=O) groups is 1. The molecule has 0 bridgehead atoms. The van der Waals surface area contributed by atoms with Crippen LogP contribution in [0.5, 0.6) is 0 Å². The maximum Gasteiger partial charge on any atom is 0.237 e. The molecule has 4 nitrogen and oxygen atoms in total. The van der Waals surface area contributed by atoms with Gasteiger partial charge in [0, 0.05) is 11.1 Å². The number of thiazole rings is 1. The van der Waals surface area contributed by atoms with E-state index in [-0.39, 0.29) is 11.9 Å². The summed E-state index contributed by atoms with van der Waals surface area (Å²) in [7, 11) is 0. The first-order chi connectivity index (χ1) is 8.69. The lowest BCUT2D eigenvalue weighted by atomic mass is 9.90. The van der Waals surface area contributed by atoms with Crippen LogP contribution >= 0.6 is 11.3 Å². The smallest absolute Gasteiger partial charge is 0.237 e. The molecule has 1 saturated heterocycles. The molecule has 2 unspecified atom stereocenters. The van der Waals surface area contributed by atoms with E-state index in [1.54, 1.807) is 11.3 Å². The summed E-state index contributed by atoms with van der Waals surface area (Å²) in [6, 6.07) is -0.0234. The fourth-order valence-electron chi connectivity index (χ4n) is 2.34. The number of amides is 1. The largest absolute Gasteiger partial charge is 0.348 e. The molecule has 2 atom stereocenters. The molecule has 0 spiro atoms. The van der Waals surface area contributed by atoms with Gasteiger partial charge in [0.1, 0.15) is 5.01 Å². The fourth-order valence-corrected chi connectivity index (χ4v) is 3.05. The Hall–Kier alpha value is -0.940. The minimum Gasteiger partial charge on any atom is -0.348 e. The monoisotopic (exact) mass is 267 g/mol. The first-order valence-corrected chi connectivity index (χ1v) is 7.49. The van der Waals surface area contributed by atoms with Crippen LogP contribution < -0.4 is 10.6 Å². The van der Waals surface area contributed by atoms with E-state index in [0.29, 0.717) is 12.5 Å². The van der Waals surface area contributed by atoms with Crippen molar-refractivity contribution in [2.24, 2.45) is 5.92 Å². The van der Waals surface area contributed by atoms with Crippen LogP contribution in [0.1, 0.15) is 36.9 Å². The number of piperidine rings is 1. The van der Waals surface area contributed by atoms with Gasteiger partial charge in [-0.2, -0.15) is 0 Å². The molecule has 1 amide bonds. The second kappa shape index (κ2) is 6.29. The van der Waals surface area contributed by atoms with E-state index >= 15 is 0 Å². The summed E-state index contributed by atoms with van der Waals surface area (Å²) < 4.78 is 0. The zero-order chi connectivity index (χ0) is 13.0. The number of aromatic nitrogens is 1. The zero-order valence-corrected chi connectivity index (χ0v) is 11.8. The van der Waals surface area contributed by atoms with Crippen molar-refractivity contribution in [2.75, 3.05) is 6.54 Å². The predicted molar refractivity (Wildman–Crippen MR) is 73.5 cm³/mol. The first kappa shape index (κ1) is 13.5. The Kier molecular flexibility index (Phi) is 4.72. The molecule has 1 aromatic heterocycles.